The molecule has 1 heterocycles. The van der Waals surface area contributed by atoms with E-state index in [0.29, 0.717) is 132 Å². The van der Waals surface area contributed by atoms with Crippen LogP contribution < -0.4 is 47.9 Å². The summed E-state index contributed by atoms with van der Waals surface area (Å²) in [4.78, 5) is 177. The van der Waals surface area contributed by atoms with E-state index in [1.165, 1.54) is 6.92 Å². The molecule has 0 bridgehead atoms. The molecule has 0 saturated carbocycles. The van der Waals surface area contributed by atoms with Gasteiger partial charge in [-0.15, -0.1) is 0 Å². The lowest BCUT2D eigenvalue weighted by atomic mass is 10.0. The van der Waals surface area contributed by atoms with Crippen LogP contribution in [0.5, 0.6) is 0 Å². The number of esters is 3. The maximum Gasteiger partial charge on any atom is 0.329 e. The molecule has 5 atom stereocenters. The van der Waals surface area contributed by atoms with Gasteiger partial charge in [-0.1, -0.05) is 13.8 Å². The molecule has 1 aliphatic rings. The summed E-state index contributed by atoms with van der Waals surface area (Å²) >= 11 is 0. The highest BCUT2D eigenvalue weighted by molar-refractivity contribution is 6.12. The van der Waals surface area contributed by atoms with E-state index in [1.54, 1.807) is 76.2 Å². The Labute approximate surface area is 693 Å². The van der Waals surface area contributed by atoms with Crippen LogP contribution in [0.25, 0.3) is 0 Å². The molecule has 40 heteroatoms. The minimum absolute atomic E-state index is 0.00818. The third-order valence-corrected chi connectivity index (χ3v) is 15.7. The van der Waals surface area contributed by atoms with Gasteiger partial charge in [0.05, 0.1) is 159 Å². The second-order valence-corrected chi connectivity index (χ2v) is 30.1. The summed E-state index contributed by atoms with van der Waals surface area (Å²) in [5.41, 5.74) is -2.57. The largest absolute Gasteiger partial charge is 0.480 e. The number of carboxylic acids is 1. The second kappa shape index (κ2) is 64.7. The van der Waals surface area contributed by atoms with E-state index in [0.717, 1.165) is 17.1 Å². The number of hydrogen-bond acceptors (Lipinski definition) is 29. The number of amides is 11. The van der Waals surface area contributed by atoms with Crippen LogP contribution in [0.2, 0.25) is 0 Å². The van der Waals surface area contributed by atoms with Crippen molar-refractivity contribution in [2.75, 3.05) is 191 Å². The van der Waals surface area contributed by atoms with Gasteiger partial charge in [0.1, 0.15) is 47.0 Å². The number of nitrogens with zero attached hydrogens (tertiary/aromatic N) is 1. The fourth-order valence-corrected chi connectivity index (χ4v) is 9.89. The molecule has 0 aromatic rings. The first kappa shape index (κ1) is 108. The SMILES string of the molecule is CC(C)[C@H](NC(=O)[C@H](CCCCNC(=O)CCOCCOCCOCCOCCNC(=O)CCOCCOCCOCCOCCNC(=O)CCOCCOCCOCCOCCNC(=O)CC[C@H](NC(=O)N[C@@H](CCC(=O)OC(C)(C)C)C(=O)OC(C)(C)C)C(=O)OC(C)(C)C)NC(=O)CCCN1C(=O)C=CC1=O)C(=O)N[C@@H](C)C(=O)O. The molecular weight excluding hydrogens is 1560 g/mol. The number of rotatable bonds is 71. The third-order valence-electron chi connectivity index (χ3n) is 15.7. The van der Waals surface area contributed by atoms with Crippen molar-refractivity contribution in [1.29, 1.82) is 0 Å². The summed E-state index contributed by atoms with van der Waals surface area (Å²) in [6.45, 7) is 27.8. The number of carbonyl (C=O) groups is 14. The van der Waals surface area contributed by atoms with Crippen LogP contribution in [0.3, 0.4) is 0 Å². The van der Waals surface area contributed by atoms with Gasteiger partial charge in [0.2, 0.25) is 41.4 Å². The third kappa shape index (κ3) is 61.2. The van der Waals surface area contributed by atoms with Crippen molar-refractivity contribution in [3.05, 3.63) is 12.2 Å². The van der Waals surface area contributed by atoms with Crippen molar-refractivity contribution in [1.82, 2.24) is 52.8 Å². The summed E-state index contributed by atoms with van der Waals surface area (Å²) in [7, 11) is 0. The Hall–Kier alpha value is -8.16. The second-order valence-electron chi connectivity index (χ2n) is 30.1. The first-order valence-corrected chi connectivity index (χ1v) is 40.4. The number of unbranched alkanes of at least 4 members (excludes halogenated alkanes) is 1. The van der Waals surface area contributed by atoms with Gasteiger partial charge in [-0.25, -0.2) is 14.4 Å². The molecule has 678 valence electrons. The van der Waals surface area contributed by atoms with Gasteiger partial charge >= 0.3 is 29.9 Å². The fraction of sp³-hybridized carbons (Fsp3) is 0.795. The Morgan fingerprint density at radius 3 is 1.04 bits per heavy atom. The van der Waals surface area contributed by atoms with Crippen molar-refractivity contribution in [2.45, 2.75) is 207 Å². The fourth-order valence-electron chi connectivity index (χ4n) is 9.89. The molecule has 1 rings (SSSR count). The van der Waals surface area contributed by atoms with Gasteiger partial charge in [-0.2, -0.15) is 0 Å². The minimum atomic E-state index is -1.27. The monoisotopic (exact) mass is 1690 g/mol. The summed E-state index contributed by atoms with van der Waals surface area (Å²) in [6.07, 6.45) is 3.11. The molecular formula is C78H136N10O30. The zero-order chi connectivity index (χ0) is 88.0. The Morgan fingerprint density at radius 1 is 0.347 bits per heavy atom. The Balaban J connectivity index is 2.00. The summed E-state index contributed by atoms with van der Waals surface area (Å²) in [6, 6.07) is -6.84. The zero-order valence-electron chi connectivity index (χ0n) is 71.3. The van der Waals surface area contributed by atoms with Crippen LogP contribution in [-0.2, 0) is 133 Å². The Bertz CT molecular complexity index is 2960. The number of nitrogens with one attached hydrogen (secondary N) is 9. The molecule has 40 nitrogen and oxygen atoms in total. The molecule has 0 spiro atoms. The van der Waals surface area contributed by atoms with E-state index in [4.69, 9.17) is 71.1 Å². The molecule has 0 fully saturated rings. The van der Waals surface area contributed by atoms with E-state index < -0.39 is 118 Å². The molecule has 0 aromatic heterocycles. The maximum atomic E-state index is 13.5. The molecule has 0 aliphatic carbocycles. The lowest BCUT2D eigenvalue weighted by Gasteiger charge is -2.27. The first-order chi connectivity index (χ1) is 56.0. The van der Waals surface area contributed by atoms with Gasteiger partial charge < -0.3 is 124 Å². The molecule has 0 radical (unpaired) electrons. The van der Waals surface area contributed by atoms with E-state index in [2.05, 4.69) is 47.9 Å². The van der Waals surface area contributed by atoms with Crippen LogP contribution in [0.4, 0.5) is 4.79 Å². The predicted molar refractivity (Wildman–Crippen MR) is 424 cm³/mol. The number of aliphatic carboxylic acids is 1. The lowest BCUT2D eigenvalue weighted by molar-refractivity contribution is -0.159. The number of ether oxygens (including phenoxy) is 15. The number of carboxylic acid groups (broad SMARTS) is 1. The van der Waals surface area contributed by atoms with Gasteiger partial charge in [0.15, 0.2) is 0 Å². The average Bonchev–Trinajstić information content (AvgIpc) is 1.65. The van der Waals surface area contributed by atoms with Crippen LogP contribution in [0.1, 0.15) is 160 Å². The number of urea groups is 1. The summed E-state index contributed by atoms with van der Waals surface area (Å²) < 4.78 is 82.3. The van der Waals surface area contributed by atoms with E-state index in [-0.39, 0.29) is 154 Å². The summed E-state index contributed by atoms with van der Waals surface area (Å²) in [5.74, 6) is -7.72. The molecule has 0 unspecified atom stereocenters. The van der Waals surface area contributed by atoms with Crippen molar-refractivity contribution in [2.24, 2.45) is 5.92 Å². The van der Waals surface area contributed by atoms with Crippen molar-refractivity contribution in [3.63, 3.8) is 0 Å². The van der Waals surface area contributed by atoms with Gasteiger partial charge in [0.25, 0.3) is 11.8 Å². The summed E-state index contributed by atoms with van der Waals surface area (Å²) in [5, 5.41) is 32.9. The van der Waals surface area contributed by atoms with Crippen molar-refractivity contribution >= 4 is 83.1 Å². The molecule has 0 saturated heterocycles. The van der Waals surface area contributed by atoms with Gasteiger partial charge in [-0.3, -0.25) is 57.6 Å². The highest BCUT2D eigenvalue weighted by atomic mass is 16.6. The molecule has 11 amide bonds. The standard InChI is InChI=1S/C78H136N10O30/c1-56(2)69(71(98)83-57(3)72(99)100)87-70(97)58(84-65(93)17-15-31-88-66(94)21-22-67(88)95)16-13-14-27-79-62(90)24-32-104-38-44-110-50-54-114-48-42-108-36-29-81-64(92)26-34-106-40-46-112-52-55-115-49-43-109-37-30-82-63(91)25-33-105-39-45-111-51-53-113-47-41-107-35-28-80-61(89)20-18-59(73(101)117-77(7,8)9)85-75(103)86-60(74(102)118-78(10,11)12)19-23-68(96)116-76(4,5)6/h21-22,56-60,69H,13-20,23-55H2,1-12H3,(H,79,90)(H,80,89)(H,81,92)(H,82,91)(H,83,98)(H,84,93)(H,87,97)(H,99,100)(H2,85,86,103)/t57-,58-,59-,60-,69-/m0/s1. The highest BCUT2D eigenvalue weighted by Crippen LogP contribution is 2.16. The minimum Gasteiger partial charge on any atom is -0.480 e. The molecule has 1 aliphatic heterocycles. The van der Waals surface area contributed by atoms with Gasteiger partial charge in [-0.05, 0) is 114 Å². The average molecular weight is 1690 g/mol. The first-order valence-electron chi connectivity index (χ1n) is 40.4. The predicted octanol–water partition coefficient (Wildman–Crippen LogP) is 0.533. The van der Waals surface area contributed by atoms with E-state index in [9.17, 15) is 72.2 Å². The van der Waals surface area contributed by atoms with E-state index in [1.807, 2.05) is 0 Å². The number of carbonyl (C=O) groups excluding carboxylic acids is 13. The number of hydrogen-bond donors (Lipinski definition) is 10. The zero-order valence-corrected chi connectivity index (χ0v) is 71.3. The van der Waals surface area contributed by atoms with E-state index >= 15 is 0 Å². The topological polar surface area (TPSA) is 509 Å². The van der Waals surface area contributed by atoms with Crippen LogP contribution in [0.15, 0.2) is 12.2 Å². The van der Waals surface area contributed by atoms with Gasteiger partial charge in [0, 0.05) is 83.4 Å². The van der Waals surface area contributed by atoms with Crippen molar-refractivity contribution in [3.8, 4) is 0 Å². The normalized spacial score (nSPS) is 13.5. The highest BCUT2D eigenvalue weighted by Gasteiger charge is 2.34. The Morgan fingerprint density at radius 2 is 0.686 bits per heavy atom. The lowest BCUT2D eigenvalue weighted by Crippen LogP contribution is -2.57. The smallest absolute Gasteiger partial charge is 0.329 e. The molecule has 0 aromatic carbocycles. The Kier molecular flexibility index (Phi) is 59.2. The molecule has 10 N–H and O–H groups in total. The van der Waals surface area contributed by atoms with Crippen LogP contribution >= 0.6 is 0 Å². The quantitative estimate of drug-likeness (QED) is 0.0172. The maximum absolute atomic E-state index is 13.5. The van der Waals surface area contributed by atoms with Crippen LogP contribution in [0, 0.1) is 5.92 Å². The van der Waals surface area contributed by atoms with Crippen LogP contribution in [-0.4, -0.2) is 331 Å². The van der Waals surface area contributed by atoms with Crippen molar-refractivity contribution < 1.29 is 143 Å². The molecule has 118 heavy (non-hydrogen) atoms. The number of imide groups is 1.